The number of aromatic nitrogens is 2. The summed E-state index contributed by atoms with van der Waals surface area (Å²) in [6.45, 7) is 10.6. The fourth-order valence-electron chi connectivity index (χ4n) is 6.57. The van der Waals surface area contributed by atoms with E-state index in [9.17, 15) is 27.2 Å². The molecular weight excluding hydrogens is 617 g/mol. The lowest BCUT2D eigenvalue weighted by Crippen LogP contribution is -2.60. The van der Waals surface area contributed by atoms with E-state index in [0.717, 1.165) is 30.0 Å². The summed E-state index contributed by atoms with van der Waals surface area (Å²) in [4.78, 5) is 34.6. The summed E-state index contributed by atoms with van der Waals surface area (Å²) in [5, 5.41) is 3.30. The highest BCUT2D eigenvalue weighted by Crippen LogP contribution is 2.51. The molecule has 242 valence electrons. The fourth-order valence-corrected chi connectivity index (χ4v) is 8.04. The molecule has 0 saturated carbocycles. The lowest BCUT2D eigenvalue weighted by atomic mass is 9.83. The highest BCUT2D eigenvalue weighted by Gasteiger charge is 2.44. The molecule has 14 heteroatoms. The summed E-state index contributed by atoms with van der Waals surface area (Å²) < 4.78 is 80.9. The number of halogens is 5. The van der Waals surface area contributed by atoms with Crippen LogP contribution < -0.4 is 15.9 Å². The molecule has 3 aromatic rings. The summed E-state index contributed by atoms with van der Waals surface area (Å²) in [6.07, 6.45) is -5.43. The summed E-state index contributed by atoms with van der Waals surface area (Å²) in [5.74, 6) is -1.61. The topological polar surface area (TPSA) is 79.7 Å². The molecule has 8 nitrogen and oxygen atoms in total. The first-order valence-electron chi connectivity index (χ1n) is 14.7. The van der Waals surface area contributed by atoms with Crippen molar-refractivity contribution in [1.82, 2.24) is 19.8 Å². The minimum absolute atomic E-state index is 0.0648. The number of amides is 1. The SMILES string of the molecule is C[C@@H]1CN(c2nc(=O)n3c4c(c(-c5ccc(F)cc5F)c(C(F)(F)F)cc24)SCC2(CNC2)C3)C[C@H](C)N1C(=O)OC(C)(C)C. The maximum absolute atomic E-state index is 15.3. The Labute approximate surface area is 260 Å². The molecular formula is C31H34F5N5O3S. The van der Waals surface area contributed by atoms with Crippen LogP contribution in [0.25, 0.3) is 22.0 Å². The van der Waals surface area contributed by atoms with Crippen molar-refractivity contribution in [1.29, 1.82) is 0 Å². The Morgan fingerprint density at radius 3 is 2.31 bits per heavy atom. The molecule has 3 aliphatic heterocycles. The number of nitrogens with one attached hydrogen (secondary N) is 1. The van der Waals surface area contributed by atoms with Crippen LogP contribution >= 0.6 is 11.8 Å². The van der Waals surface area contributed by atoms with Gasteiger partial charge < -0.3 is 15.0 Å². The Hall–Kier alpha value is -3.39. The van der Waals surface area contributed by atoms with E-state index in [1.807, 2.05) is 0 Å². The maximum Gasteiger partial charge on any atom is 0.417 e. The monoisotopic (exact) mass is 651 g/mol. The van der Waals surface area contributed by atoms with Crippen LogP contribution in [-0.2, 0) is 17.5 Å². The van der Waals surface area contributed by atoms with Crippen molar-refractivity contribution in [3.63, 3.8) is 0 Å². The zero-order valence-corrected chi connectivity index (χ0v) is 26.3. The summed E-state index contributed by atoms with van der Waals surface area (Å²) in [7, 11) is 0. The first kappa shape index (κ1) is 31.6. The van der Waals surface area contributed by atoms with E-state index in [4.69, 9.17) is 4.74 Å². The van der Waals surface area contributed by atoms with Crippen molar-refractivity contribution in [2.24, 2.45) is 5.41 Å². The smallest absolute Gasteiger partial charge is 0.417 e. The molecule has 1 spiro atoms. The molecule has 3 aliphatic rings. The van der Waals surface area contributed by atoms with Crippen LogP contribution in [0.3, 0.4) is 0 Å². The quantitative estimate of drug-likeness (QED) is 0.347. The first-order valence-corrected chi connectivity index (χ1v) is 15.7. The van der Waals surface area contributed by atoms with Gasteiger partial charge in [0.15, 0.2) is 0 Å². The number of carbonyl (C=O) groups excluding carboxylic acids is 1. The highest BCUT2D eigenvalue weighted by atomic mass is 32.2. The first-order chi connectivity index (χ1) is 21.0. The number of anilines is 1. The molecule has 2 fully saturated rings. The van der Waals surface area contributed by atoms with Crippen molar-refractivity contribution >= 4 is 34.6 Å². The maximum atomic E-state index is 15.3. The van der Waals surface area contributed by atoms with Crippen LogP contribution in [-0.4, -0.2) is 70.2 Å². The Morgan fingerprint density at radius 2 is 1.76 bits per heavy atom. The molecule has 0 unspecified atom stereocenters. The number of rotatable bonds is 2. The second kappa shape index (κ2) is 10.9. The number of piperazine rings is 1. The van der Waals surface area contributed by atoms with E-state index in [-0.39, 0.29) is 41.3 Å². The van der Waals surface area contributed by atoms with Gasteiger partial charge in [0, 0.05) is 71.4 Å². The number of ether oxygens (including phenoxy) is 1. The molecule has 2 aromatic carbocycles. The van der Waals surface area contributed by atoms with Gasteiger partial charge >= 0.3 is 18.0 Å². The van der Waals surface area contributed by atoms with Crippen LogP contribution in [0.4, 0.5) is 32.6 Å². The largest absolute Gasteiger partial charge is 0.444 e. The number of alkyl halides is 3. The number of benzene rings is 2. The highest BCUT2D eigenvalue weighted by molar-refractivity contribution is 7.99. The number of hydrogen-bond donors (Lipinski definition) is 1. The van der Waals surface area contributed by atoms with E-state index < -0.39 is 69.4 Å². The number of hydrogen-bond acceptors (Lipinski definition) is 7. The average Bonchev–Trinajstić information content (AvgIpc) is 3.08. The molecule has 1 aromatic heterocycles. The minimum Gasteiger partial charge on any atom is -0.444 e. The number of nitrogens with zero attached hydrogens (tertiary/aromatic N) is 4. The Balaban J connectivity index is 1.57. The van der Waals surface area contributed by atoms with Gasteiger partial charge in [-0.25, -0.2) is 18.4 Å². The van der Waals surface area contributed by atoms with E-state index in [2.05, 4.69) is 10.3 Å². The van der Waals surface area contributed by atoms with Crippen LogP contribution in [0.1, 0.15) is 40.2 Å². The molecule has 1 N–H and O–H groups in total. The van der Waals surface area contributed by atoms with Gasteiger partial charge in [-0.2, -0.15) is 18.2 Å². The predicted molar refractivity (Wildman–Crippen MR) is 162 cm³/mol. The summed E-state index contributed by atoms with van der Waals surface area (Å²) in [6, 6.07) is 2.57. The van der Waals surface area contributed by atoms with Gasteiger partial charge in [0.05, 0.1) is 23.2 Å². The Bertz CT molecular complexity index is 1740. The fraction of sp³-hybridized carbons (Fsp3) is 0.516. The van der Waals surface area contributed by atoms with Crippen molar-refractivity contribution in [2.75, 3.05) is 36.8 Å². The lowest BCUT2D eigenvalue weighted by Gasteiger charge is -2.45. The number of carbonyl (C=O) groups is 1. The second-order valence-electron chi connectivity index (χ2n) is 13.3. The normalized spacial score (nSPS) is 21.6. The second-order valence-corrected chi connectivity index (χ2v) is 14.3. The van der Waals surface area contributed by atoms with E-state index >= 15 is 4.39 Å². The molecule has 2 saturated heterocycles. The number of thioether (sulfide) groups is 1. The van der Waals surface area contributed by atoms with Gasteiger partial charge in [-0.15, -0.1) is 11.8 Å². The third-order valence-electron chi connectivity index (χ3n) is 8.54. The van der Waals surface area contributed by atoms with Gasteiger partial charge in [-0.3, -0.25) is 9.47 Å². The van der Waals surface area contributed by atoms with Crippen molar-refractivity contribution in [3.05, 3.63) is 51.9 Å². The average molecular weight is 652 g/mol. The minimum atomic E-state index is -4.92. The third-order valence-corrected chi connectivity index (χ3v) is 9.99. The molecule has 4 heterocycles. The molecule has 0 radical (unpaired) electrons. The van der Waals surface area contributed by atoms with Crippen LogP contribution in [0, 0.1) is 17.0 Å². The van der Waals surface area contributed by atoms with Gasteiger partial charge in [0.25, 0.3) is 0 Å². The van der Waals surface area contributed by atoms with Crippen molar-refractivity contribution in [3.8, 4) is 11.1 Å². The zero-order valence-electron chi connectivity index (χ0n) is 25.5. The van der Waals surface area contributed by atoms with Crippen molar-refractivity contribution in [2.45, 2.75) is 69.9 Å². The van der Waals surface area contributed by atoms with Gasteiger partial charge in [0.2, 0.25) is 0 Å². The molecule has 2 atom stereocenters. The molecule has 1 amide bonds. The Morgan fingerprint density at radius 1 is 1.09 bits per heavy atom. The van der Waals surface area contributed by atoms with E-state index in [0.29, 0.717) is 24.9 Å². The van der Waals surface area contributed by atoms with E-state index in [1.165, 1.54) is 4.57 Å². The standard InChI is InChI=1S/C31H34F5N5O3S/c1-16-10-39(11-17(2)41(16)28(43)44-29(3,4)5)26-20-9-21(31(34,35)36)23(19-7-6-18(32)8-22(19)33)25-24(20)40(27(42)38-26)14-30(15-45-25)12-37-13-30/h6-9,16-17,37H,10-15H2,1-5H3/t16-,17+. The van der Waals surface area contributed by atoms with Crippen molar-refractivity contribution < 1.29 is 31.5 Å². The third kappa shape index (κ3) is 5.64. The van der Waals surface area contributed by atoms with Gasteiger partial charge in [0.1, 0.15) is 23.1 Å². The molecule has 0 bridgehead atoms. The summed E-state index contributed by atoms with van der Waals surface area (Å²) in [5.41, 5.74) is -3.47. The molecule has 6 rings (SSSR count). The van der Waals surface area contributed by atoms with Gasteiger partial charge in [-0.05, 0) is 52.8 Å². The van der Waals surface area contributed by atoms with Crippen LogP contribution in [0.5, 0.6) is 0 Å². The summed E-state index contributed by atoms with van der Waals surface area (Å²) >= 11 is 1.15. The predicted octanol–water partition coefficient (Wildman–Crippen LogP) is 5.89. The molecule has 0 aliphatic carbocycles. The van der Waals surface area contributed by atoms with Crippen LogP contribution in [0.2, 0.25) is 0 Å². The van der Waals surface area contributed by atoms with E-state index in [1.54, 1.807) is 44.4 Å². The Kier molecular flexibility index (Phi) is 7.62. The van der Waals surface area contributed by atoms with Crippen LogP contribution in [0.15, 0.2) is 34.0 Å². The lowest BCUT2D eigenvalue weighted by molar-refractivity contribution is -0.137. The van der Waals surface area contributed by atoms with Gasteiger partial charge in [-0.1, -0.05) is 0 Å². The zero-order chi connectivity index (χ0) is 32.6. The molecule has 45 heavy (non-hydrogen) atoms.